The summed E-state index contributed by atoms with van der Waals surface area (Å²) in [5.74, 6) is 0.276. The summed E-state index contributed by atoms with van der Waals surface area (Å²) in [6.45, 7) is 1.39. The predicted octanol–water partition coefficient (Wildman–Crippen LogP) is 3.09. The van der Waals surface area contributed by atoms with Gasteiger partial charge in [0, 0.05) is 19.0 Å². The first-order valence-electron chi connectivity index (χ1n) is 7.43. The summed E-state index contributed by atoms with van der Waals surface area (Å²) in [4.78, 5) is 14.2. The molecule has 3 rings (SSSR count). The minimum Gasteiger partial charge on any atom is -0.508 e. The van der Waals surface area contributed by atoms with Crippen LogP contribution in [-0.4, -0.2) is 29.0 Å². The topological polar surface area (TPSA) is 40.5 Å². The number of carbonyl (C=O) groups excluding carboxylic acids is 1. The van der Waals surface area contributed by atoms with E-state index in [1.54, 1.807) is 30.3 Å². The number of nitrogens with zero attached hydrogens (tertiary/aromatic N) is 1. The number of carbonyl (C=O) groups is 1. The summed E-state index contributed by atoms with van der Waals surface area (Å²) in [5.41, 5.74) is 1.89. The molecule has 2 aromatic carbocycles. The number of phenolic OH excluding ortho intramolecular Hbond substituents is 1. The summed E-state index contributed by atoms with van der Waals surface area (Å²) in [6, 6.07) is 13.3. The lowest BCUT2D eigenvalue weighted by Crippen LogP contribution is -2.29. The standard InChI is InChI=1S/C18H18FNO2/c19-16-6-4-14(5-7-16)15-8-9-20(12-15)18(22)11-13-2-1-3-17(21)10-13/h1-7,10,15,21H,8-9,11-12H2/t15-/m0/s1. The zero-order valence-corrected chi connectivity index (χ0v) is 12.2. The van der Waals surface area contributed by atoms with E-state index < -0.39 is 0 Å². The van der Waals surface area contributed by atoms with Gasteiger partial charge in [0.2, 0.25) is 5.91 Å². The Balaban J connectivity index is 1.62. The van der Waals surface area contributed by atoms with E-state index in [1.807, 2.05) is 11.0 Å². The summed E-state index contributed by atoms with van der Waals surface area (Å²) in [7, 11) is 0. The van der Waals surface area contributed by atoms with Gasteiger partial charge in [0.25, 0.3) is 0 Å². The lowest BCUT2D eigenvalue weighted by Gasteiger charge is -2.17. The van der Waals surface area contributed by atoms with E-state index >= 15 is 0 Å². The molecule has 1 N–H and O–H groups in total. The quantitative estimate of drug-likeness (QED) is 0.946. The van der Waals surface area contributed by atoms with Crippen molar-refractivity contribution in [2.45, 2.75) is 18.8 Å². The van der Waals surface area contributed by atoms with Crippen molar-refractivity contribution in [2.24, 2.45) is 0 Å². The number of phenols is 1. The Hall–Kier alpha value is -2.36. The van der Waals surface area contributed by atoms with Crippen molar-refractivity contribution in [3.8, 4) is 5.75 Å². The Morgan fingerprint density at radius 1 is 1.23 bits per heavy atom. The van der Waals surface area contributed by atoms with Crippen LogP contribution >= 0.6 is 0 Å². The van der Waals surface area contributed by atoms with E-state index in [2.05, 4.69) is 0 Å². The number of benzene rings is 2. The molecule has 0 aromatic heterocycles. The number of rotatable bonds is 3. The van der Waals surface area contributed by atoms with Gasteiger partial charge in [0.05, 0.1) is 6.42 Å². The van der Waals surface area contributed by atoms with Crippen LogP contribution < -0.4 is 0 Å². The van der Waals surface area contributed by atoms with E-state index in [4.69, 9.17) is 0 Å². The van der Waals surface area contributed by atoms with Crippen molar-refractivity contribution in [2.75, 3.05) is 13.1 Å². The molecular weight excluding hydrogens is 281 g/mol. The maximum absolute atomic E-state index is 13.0. The van der Waals surface area contributed by atoms with Crippen molar-refractivity contribution in [1.82, 2.24) is 4.90 Å². The van der Waals surface area contributed by atoms with E-state index in [0.717, 1.165) is 24.1 Å². The number of likely N-dealkylation sites (tertiary alicyclic amines) is 1. The lowest BCUT2D eigenvalue weighted by molar-refractivity contribution is -0.129. The van der Waals surface area contributed by atoms with Crippen molar-refractivity contribution >= 4 is 5.91 Å². The number of hydrogen-bond acceptors (Lipinski definition) is 2. The minimum absolute atomic E-state index is 0.0650. The maximum Gasteiger partial charge on any atom is 0.227 e. The first-order chi connectivity index (χ1) is 10.6. The smallest absolute Gasteiger partial charge is 0.227 e. The third-order valence-electron chi connectivity index (χ3n) is 4.15. The zero-order chi connectivity index (χ0) is 15.5. The first-order valence-corrected chi connectivity index (χ1v) is 7.43. The molecule has 1 heterocycles. The van der Waals surface area contributed by atoms with E-state index in [-0.39, 0.29) is 23.4 Å². The van der Waals surface area contributed by atoms with Gasteiger partial charge in [-0.05, 0) is 41.8 Å². The van der Waals surface area contributed by atoms with Crippen LogP contribution in [0.3, 0.4) is 0 Å². The highest BCUT2D eigenvalue weighted by Crippen LogP contribution is 2.27. The molecule has 1 aliphatic rings. The van der Waals surface area contributed by atoms with Crippen molar-refractivity contribution in [3.63, 3.8) is 0 Å². The van der Waals surface area contributed by atoms with Crippen LogP contribution in [0.2, 0.25) is 0 Å². The van der Waals surface area contributed by atoms with Gasteiger partial charge in [-0.15, -0.1) is 0 Å². The van der Waals surface area contributed by atoms with Crippen LogP contribution in [0.25, 0.3) is 0 Å². The van der Waals surface area contributed by atoms with Gasteiger partial charge in [-0.3, -0.25) is 4.79 Å². The molecule has 1 fully saturated rings. The van der Waals surface area contributed by atoms with Crippen LogP contribution in [0.5, 0.6) is 5.75 Å². The summed E-state index contributed by atoms with van der Waals surface area (Å²) in [5, 5.41) is 9.45. The highest BCUT2D eigenvalue weighted by molar-refractivity contribution is 5.79. The summed E-state index contributed by atoms with van der Waals surface area (Å²) >= 11 is 0. The van der Waals surface area contributed by atoms with Gasteiger partial charge in [-0.1, -0.05) is 24.3 Å². The van der Waals surface area contributed by atoms with Gasteiger partial charge >= 0.3 is 0 Å². The van der Waals surface area contributed by atoms with Crippen LogP contribution in [0.15, 0.2) is 48.5 Å². The molecule has 4 heteroatoms. The molecule has 114 valence electrons. The van der Waals surface area contributed by atoms with Crippen molar-refractivity contribution < 1.29 is 14.3 Å². The molecule has 1 aliphatic heterocycles. The Kier molecular flexibility index (Phi) is 4.09. The first kappa shape index (κ1) is 14.6. The molecule has 1 atom stereocenters. The molecule has 1 saturated heterocycles. The Bertz CT molecular complexity index is 669. The zero-order valence-electron chi connectivity index (χ0n) is 12.2. The fraction of sp³-hybridized carbons (Fsp3) is 0.278. The summed E-state index contributed by atoms with van der Waals surface area (Å²) < 4.78 is 13.0. The molecule has 0 spiro atoms. The molecular formula is C18H18FNO2. The van der Waals surface area contributed by atoms with E-state index in [0.29, 0.717) is 13.0 Å². The second-order valence-corrected chi connectivity index (χ2v) is 5.72. The lowest BCUT2D eigenvalue weighted by atomic mass is 9.99. The molecule has 0 aliphatic carbocycles. The largest absolute Gasteiger partial charge is 0.508 e. The average molecular weight is 299 g/mol. The van der Waals surface area contributed by atoms with Crippen LogP contribution in [0.1, 0.15) is 23.5 Å². The fourth-order valence-corrected chi connectivity index (χ4v) is 2.95. The Morgan fingerprint density at radius 2 is 2.00 bits per heavy atom. The minimum atomic E-state index is -0.237. The highest BCUT2D eigenvalue weighted by atomic mass is 19.1. The van der Waals surface area contributed by atoms with Crippen LogP contribution in [0.4, 0.5) is 4.39 Å². The van der Waals surface area contributed by atoms with Crippen LogP contribution in [-0.2, 0) is 11.2 Å². The Labute approximate surface area is 129 Å². The molecule has 0 saturated carbocycles. The van der Waals surface area contributed by atoms with Crippen molar-refractivity contribution in [3.05, 3.63) is 65.5 Å². The molecule has 0 bridgehead atoms. The molecule has 0 unspecified atom stereocenters. The maximum atomic E-state index is 13.0. The van der Waals surface area contributed by atoms with E-state index in [9.17, 15) is 14.3 Å². The monoisotopic (exact) mass is 299 g/mol. The number of aromatic hydroxyl groups is 1. The average Bonchev–Trinajstić information content (AvgIpc) is 2.98. The third kappa shape index (κ3) is 3.27. The predicted molar refractivity (Wildman–Crippen MR) is 82.1 cm³/mol. The van der Waals surface area contributed by atoms with Crippen molar-refractivity contribution in [1.29, 1.82) is 0 Å². The SMILES string of the molecule is O=C(Cc1cccc(O)c1)N1CC[C@H](c2ccc(F)cc2)C1. The second-order valence-electron chi connectivity index (χ2n) is 5.72. The normalized spacial score (nSPS) is 17.7. The molecule has 22 heavy (non-hydrogen) atoms. The van der Waals surface area contributed by atoms with Gasteiger partial charge in [-0.2, -0.15) is 0 Å². The fourth-order valence-electron chi connectivity index (χ4n) is 2.95. The molecule has 2 aromatic rings. The van der Waals surface area contributed by atoms with Gasteiger partial charge in [0.1, 0.15) is 11.6 Å². The van der Waals surface area contributed by atoms with Gasteiger partial charge in [0.15, 0.2) is 0 Å². The van der Waals surface area contributed by atoms with Crippen LogP contribution in [0, 0.1) is 5.82 Å². The summed E-state index contributed by atoms with van der Waals surface area (Å²) in [6.07, 6.45) is 1.20. The number of hydrogen-bond donors (Lipinski definition) is 1. The number of halogens is 1. The number of amides is 1. The van der Waals surface area contributed by atoms with Gasteiger partial charge in [-0.25, -0.2) is 4.39 Å². The Morgan fingerprint density at radius 3 is 2.73 bits per heavy atom. The molecule has 0 radical (unpaired) electrons. The second kappa shape index (κ2) is 6.18. The molecule has 1 amide bonds. The van der Waals surface area contributed by atoms with Gasteiger partial charge < -0.3 is 10.0 Å². The highest BCUT2D eigenvalue weighted by Gasteiger charge is 2.27. The molecule has 3 nitrogen and oxygen atoms in total. The van der Waals surface area contributed by atoms with E-state index in [1.165, 1.54) is 12.1 Å². The third-order valence-corrected chi connectivity index (χ3v) is 4.15.